The van der Waals surface area contributed by atoms with Crippen molar-refractivity contribution in [2.24, 2.45) is 10.5 Å². The second-order valence-corrected chi connectivity index (χ2v) is 14.0. The number of benzene rings is 2. The molecule has 12 nitrogen and oxygen atoms in total. The first-order chi connectivity index (χ1) is 22.9. The summed E-state index contributed by atoms with van der Waals surface area (Å²) < 4.78 is 14.9. The van der Waals surface area contributed by atoms with Crippen LogP contribution in [0.1, 0.15) is 64.7 Å². The van der Waals surface area contributed by atoms with E-state index in [1.165, 1.54) is 30.7 Å². The van der Waals surface area contributed by atoms with Gasteiger partial charge in [0.25, 0.3) is 5.56 Å². The van der Waals surface area contributed by atoms with E-state index in [0.29, 0.717) is 42.8 Å². The molecule has 0 radical (unpaired) electrons. The lowest BCUT2D eigenvalue weighted by Gasteiger charge is -2.30. The van der Waals surface area contributed by atoms with Crippen LogP contribution in [0.3, 0.4) is 0 Å². The summed E-state index contributed by atoms with van der Waals surface area (Å²) in [6.07, 6.45) is 1.37. The van der Waals surface area contributed by atoms with Gasteiger partial charge in [0.2, 0.25) is 5.88 Å². The zero-order chi connectivity index (χ0) is 36.4. The van der Waals surface area contributed by atoms with Gasteiger partial charge in [-0.2, -0.15) is 5.10 Å². The van der Waals surface area contributed by atoms with E-state index in [1.54, 1.807) is 9.36 Å². The van der Waals surface area contributed by atoms with Crippen LogP contribution < -0.4 is 15.3 Å². The zero-order valence-corrected chi connectivity index (χ0v) is 30.2. The van der Waals surface area contributed by atoms with Crippen molar-refractivity contribution in [2.45, 2.75) is 86.4 Å². The summed E-state index contributed by atoms with van der Waals surface area (Å²) in [4.78, 5) is 48.8. The molecular weight excluding hydrogens is 675 g/mol. The summed E-state index contributed by atoms with van der Waals surface area (Å²) in [5.74, 6) is -2.46. The molecule has 0 aliphatic carbocycles. The lowest BCUT2D eigenvalue weighted by atomic mass is 9.91. The molecular formula is C35H42Cl2N4O8. The van der Waals surface area contributed by atoms with Gasteiger partial charge in [-0.1, -0.05) is 54.7 Å². The van der Waals surface area contributed by atoms with Crippen molar-refractivity contribution in [1.29, 1.82) is 0 Å². The van der Waals surface area contributed by atoms with E-state index in [0.717, 1.165) is 34.5 Å². The number of hydrazone groups is 1. The third kappa shape index (κ3) is 7.71. The van der Waals surface area contributed by atoms with Crippen LogP contribution in [0, 0.1) is 12.3 Å². The van der Waals surface area contributed by atoms with Crippen LogP contribution in [-0.2, 0) is 45.1 Å². The summed E-state index contributed by atoms with van der Waals surface area (Å²) in [7, 11) is 0. The normalized spacial score (nSPS) is 17.4. The summed E-state index contributed by atoms with van der Waals surface area (Å²) in [5.41, 5.74) is 2.53. The fraction of sp³-hybridized carbons (Fsp3) is 0.457. The van der Waals surface area contributed by atoms with Gasteiger partial charge in [-0.3, -0.25) is 9.59 Å². The number of aliphatic carboxylic acids is 2. The van der Waals surface area contributed by atoms with Gasteiger partial charge in [0.15, 0.2) is 5.54 Å². The van der Waals surface area contributed by atoms with Crippen LogP contribution in [0.4, 0.5) is 5.69 Å². The van der Waals surface area contributed by atoms with Crippen LogP contribution in [0.15, 0.2) is 40.2 Å². The Balaban J connectivity index is 0.000000237. The van der Waals surface area contributed by atoms with E-state index in [9.17, 15) is 24.3 Å². The van der Waals surface area contributed by atoms with Crippen LogP contribution >= 0.6 is 23.2 Å². The molecule has 1 unspecified atom stereocenters. The van der Waals surface area contributed by atoms with Gasteiger partial charge in [0.05, 0.1) is 42.4 Å². The molecule has 2 aliphatic rings. The van der Waals surface area contributed by atoms with Crippen LogP contribution in [0.5, 0.6) is 5.88 Å². The minimum atomic E-state index is -1.51. The van der Waals surface area contributed by atoms with Crippen molar-refractivity contribution in [1.82, 2.24) is 9.36 Å². The first kappa shape index (κ1) is 37.7. The Morgan fingerprint density at radius 2 is 1.57 bits per heavy atom. The van der Waals surface area contributed by atoms with Crippen molar-refractivity contribution >= 4 is 52.5 Å². The van der Waals surface area contributed by atoms with Gasteiger partial charge in [0, 0.05) is 11.4 Å². The van der Waals surface area contributed by atoms with Crippen LogP contribution in [-0.4, -0.2) is 61.9 Å². The Kier molecular flexibility index (Phi) is 11.4. The Labute approximate surface area is 294 Å². The number of fused-ring (bicyclic) bond motifs is 1. The number of aromatic nitrogens is 2. The predicted octanol–water partition coefficient (Wildman–Crippen LogP) is 6.22. The molecule has 0 saturated carbocycles. The van der Waals surface area contributed by atoms with Crippen LogP contribution in [0.25, 0.3) is 11.1 Å². The highest BCUT2D eigenvalue weighted by molar-refractivity contribution is 6.38. The molecule has 0 spiro atoms. The number of carboxylic acid groups (broad SMARTS) is 2. The number of carbonyl (C=O) groups excluding carboxylic acids is 1. The van der Waals surface area contributed by atoms with Crippen molar-refractivity contribution in [3.05, 3.63) is 67.4 Å². The number of hydrogen-bond acceptors (Lipinski definition) is 8. The summed E-state index contributed by atoms with van der Waals surface area (Å²) >= 11 is 11.8. The van der Waals surface area contributed by atoms with E-state index >= 15 is 0 Å². The maximum Gasteiger partial charge on any atom is 0.352 e. The minimum Gasteiger partial charge on any atom is -0.479 e. The summed E-state index contributed by atoms with van der Waals surface area (Å²) in [6, 6.07) is 8.72. The highest BCUT2D eigenvalue weighted by Crippen LogP contribution is 2.39. The topological polar surface area (TPSA) is 153 Å². The van der Waals surface area contributed by atoms with Gasteiger partial charge in [-0.05, 0) is 82.3 Å². The first-order valence-electron chi connectivity index (χ1n) is 16.0. The molecule has 14 heteroatoms. The number of anilines is 1. The first-order valence-corrected chi connectivity index (χ1v) is 16.8. The molecule has 2 aliphatic heterocycles. The van der Waals surface area contributed by atoms with Gasteiger partial charge in [-0.15, -0.1) is 0 Å². The molecule has 2 aromatic carbocycles. The molecule has 1 atom stereocenters. The average molecular weight is 718 g/mol. The second kappa shape index (κ2) is 14.8. The zero-order valence-electron chi connectivity index (χ0n) is 28.7. The molecule has 49 heavy (non-hydrogen) atoms. The smallest absolute Gasteiger partial charge is 0.352 e. The monoisotopic (exact) mass is 716 g/mol. The lowest BCUT2D eigenvalue weighted by molar-refractivity contribution is -0.144. The molecule has 0 fully saturated rings. The van der Waals surface area contributed by atoms with Crippen molar-refractivity contribution in [2.75, 3.05) is 18.2 Å². The maximum atomic E-state index is 13.5. The summed E-state index contributed by atoms with van der Waals surface area (Å²) in [6.45, 7) is 14.9. The minimum absolute atomic E-state index is 0.125. The molecule has 3 heterocycles. The number of carbonyl (C=O) groups is 3. The average Bonchev–Trinajstić information content (AvgIpc) is 3.37. The highest BCUT2D eigenvalue weighted by Gasteiger charge is 2.48. The van der Waals surface area contributed by atoms with E-state index in [2.05, 4.69) is 38.0 Å². The van der Waals surface area contributed by atoms with E-state index < -0.39 is 22.9 Å². The lowest BCUT2D eigenvalue weighted by Crippen LogP contribution is -2.47. The van der Waals surface area contributed by atoms with E-state index in [1.807, 2.05) is 20.8 Å². The van der Waals surface area contributed by atoms with Crippen molar-refractivity contribution in [3.8, 4) is 17.0 Å². The number of aryl methyl sites for hydroxylation is 3. The number of ether oxygens (including phenoxy) is 2. The number of hydrogen-bond donors (Lipinski definition) is 2. The molecule has 5 rings (SSSR count). The largest absolute Gasteiger partial charge is 0.479 e. The second-order valence-electron chi connectivity index (χ2n) is 13.2. The Hall–Kier alpha value is -4.13. The van der Waals surface area contributed by atoms with Gasteiger partial charge < -0.3 is 19.7 Å². The number of nitrogens with zero attached hydrogens (tertiary/aromatic N) is 4. The van der Waals surface area contributed by atoms with E-state index in [-0.39, 0.29) is 34.4 Å². The molecule has 264 valence electrons. The van der Waals surface area contributed by atoms with Gasteiger partial charge in [-0.25, -0.2) is 24.0 Å². The molecule has 3 aromatic rings. The van der Waals surface area contributed by atoms with Gasteiger partial charge >= 0.3 is 17.9 Å². The molecule has 0 amide bonds. The third-order valence-electron chi connectivity index (χ3n) is 8.39. The van der Waals surface area contributed by atoms with Crippen LogP contribution in [0.2, 0.25) is 10.0 Å². The molecule has 1 aromatic heterocycles. The Morgan fingerprint density at radius 3 is 2.08 bits per heavy atom. The molecule has 2 N–H and O–H groups in total. The molecule has 0 bridgehead atoms. The molecule has 0 saturated heterocycles. The number of carboxylic acids is 2. The maximum absolute atomic E-state index is 13.5. The Morgan fingerprint density at radius 1 is 0.980 bits per heavy atom. The predicted molar refractivity (Wildman–Crippen MR) is 188 cm³/mol. The Bertz CT molecular complexity index is 1850. The SMILES string of the molecule is CC1(C(=O)O)CC(C(=O)O)=NN1c1ccc(Cl)cc1Cl.CCc1cc(C)cc(CC)c1-c1c(OC(=O)C(C)(C)C)n2n(c1=O)CCOCC2. The quantitative estimate of drug-likeness (QED) is 0.272. The summed E-state index contributed by atoms with van der Waals surface area (Å²) in [5, 5.41) is 23.9. The van der Waals surface area contributed by atoms with Gasteiger partial charge in [0.1, 0.15) is 11.3 Å². The number of esters is 1. The fourth-order valence-corrected chi connectivity index (χ4v) is 6.21. The van der Waals surface area contributed by atoms with Crippen molar-refractivity contribution in [3.63, 3.8) is 0 Å². The number of rotatable bonds is 7. The fourth-order valence-electron chi connectivity index (χ4n) is 5.72. The number of halogens is 2. The van der Waals surface area contributed by atoms with E-state index in [4.69, 9.17) is 37.8 Å². The standard InChI is InChI=1S/C23H32N2O4.C12H10Cl2N2O4/c1-7-16-13-15(3)14-17(8-2)18(16)19-20(26)24-9-11-28-12-10-25(24)21(19)29-22(27)23(4,5)6;1-12(11(19)20)5-8(10(17)18)15-16(12)9-3-2-6(13)4-7(9)14/h13-14H,7-12H2,1-6H3;2-4H,5H2,1H3,(H,17,18)(H,19,20). The third-order valence-corrected chi connectivity index (χ3v) is 8.93. The van der Waals surface area contributed by atoms with Crippen molar-refractivity contribution < 1.29 is 34.1 Å². The highest BCUT2D eigenvalue weighted by atomic mass is 35.5.